The molecule has 1 N–H and O–H groups in total. The molecule has 0 aliphatic carbocycles. The molecular weight excluding hydrogens is 114 g/mol. The molecule has 9 heavy (non-hydrogen) atoms. The normalized spacial score (nSPS) is 36.7. The molecule has 0 saturated carbocycles. The van der Waals surface area contributed by atoms with Gasteiger partial charge in [0.05, 0.1) is 12.7 Å². The summed E-state index contributed by atoms with van der Waals surface area (Å²) in [6, 6.07) is 0.549. The van der Waals surface area contributed by atoms with E-state index in [1.807, 2.05) is 0 Å². The number of ether oxygens (including phenoxy) is 1. The highest BCUT2D eigenvalue weighted by atomic mass is 16.5. The van der Waals surface area contributed by atoms with Crippen molar-refractivity contribution in [2.75, 3.05) is 13.2 Å². The van der Waals surface area contributed by atoms with Crippen LogP contribution in [0.2, 0.25) is 0 Å². The SMILES string of the molecule is CC[C@@H]1CN[C@@H](C)CO1. The van der Waals surface area contributed by atoms with Crippen LogP contribution < -0.4 is 5.32 Å². The van der Waals surface area contributed by atoms with Gasteiger partial charge in [-0.1, -0.05) is 6.92 Å². The van der Waals surface area contributed by atoms with Crippen LogP contribution in [0.5, 0.6) is 0 Å². The monoisotopic (exact) mass is 129 g/mol. The summed E-state index contributed by atoms with van der Waals surface area (Å²) in [7, 11) is 0. The Balaban J connectivity index is 2.18. The van der Waals surface area contributed by atoms with E-state index in [9.17, 15) is 0 Å². The Labute approximate surface area is 56.6 Å². The van der Waals surface area contributed by atoms with E-state index >= 15 is 0 Å². The summed E-state index contributed by atoms with van der Waals surface area (Å²) in [4.78, 5) is 0. The average molecular weight is 129 g/mol. The largest absolute Gasteiger partial charge is 0.375 e. The van der Waals surface area contributed by atoms with Crippen molar-refractivity contribution in [2.45, 2.75) is 32.4 Å². The Morgan fingerprint density at radius 3 is 2.89 bits per heavy atom. The minimum atomic E-state index is 0.459. The lowest BCUT2D eigenvalue weighted by molar-refractivity contribution is 0.00650. The van der Waals surface area contributed by atoms with Gasteiger partial charge in [-0.15, -0.1) is 0 Å². The van der Waals surface area contributed by atoms with E-state index in [1.165, 1.54) is 0 Å². The van der Waals surface area contributed by atoms with Crippen LogP contribution in [0.15, 0.2) is 0 Å². The van der Waals surface area contributed by atoms with E-state index in [1.54, 1.807) is 0 Å². The van der Waals surface area contributed by atoms with Gasteiger partial charge in [-0.3, -0.25) is 0 Å². The smallest absolute Gasteiger partial charge is 0.0697 e. The zero-order valence-electron chi connectivity index (χ0n) is 6.18. The van der Waals surface area contributed by atoms with Crippen LogP contribution in [0.4, 0.5) is 0 Å². The molecule has 1 rings (SSSR count). The number of morpholine rings is 1. The molecule has 0 radical (unpaired) electrons. The highest BCUT2D eigenvalue weighted by molar-refractivity contribution is 4.70. The molecular formula is C7H15NO. The number of hydrogen-bond acceptors (Lipinski definition) is 2. The van der Waals surface area contributed by atoms with Gasteiger partial charge >= 0.3 is 0 Å². The Morgan fingerprint density at radius 1 is 1.67 bits per heavy atom. The molecule has 54 valence electrons. The van der Waals surface area contributed by atoms with E-state index in [0.29, 0.717) is 12.1 Å². The highest BCUT2D eigenvalue weighted by Gasteiger charge is 2.14. The van der Waals surface area contributed by atoms with Crippen molar-refractivity contribution in [3.8, 4) is 0 Å². The van der Waals surface area contributed by atoms with Crippen LogP contribution in [0.3, 0.4) is 0 Å². The maximum atomic E-state index is 5.48. The maximum absolute atomic E-state index is 5.48. The summed E-state index contributed by atoms with van der Waals surface area (Å²) in [6.07, 6.45) is 1.58. The summed E-state index contributed by atoms with van der Waals surface area (Å²) in [5.41, 5.74) is 0. The lowest BCUT2D eigenvalue weighted by Crippen LogP contribution is -2.44. The first kappa shape index (κ1) is 7.03. The van der Waals surface area contributed by atoms with Crippen LogP contribution in [0, 0.1) is 0 Å². The fourth-order valence-corrected chi connectivity index (χ4v) is 0.993. The summed E-state index contributed by atoms with van der Waals surface area (Å²) in [5.74, 6) is 0. The molecule has 1 saturated heterocycles. The lowest BCUT2D eigenvalue weighted by atomic mass is 10.2. The van der Waals surface area contributed by atoms with Crippen molar-refractivity contribution in [3.05, 3.63) is 0 Å². The van der Waals surface area contributed by atoms with Gasteiger partial charge in [0.15, 0.2) is 0 Å². The maximum Gasteiger partial charge on any atom is 0.0697 e. The molecule has 0 unspecified atom stereocenters. The summed E-state index contributed by atoms with van der Waals surface area (Å²) >= 11 is 0. The number of hydrogen-bond donors (Lipinski definition) is 1. The molecule has 0 spiro atoms. The molecule has 1 heterocycles. The van der Waals surface area contributed by atoms with Crippen molar-refractivity contribution in [3.63, 3.8) is 0 Å². The van der Waals surface area contributed by atoms with Crippen molar-refractivity contribution < 1.29 is 4.74 Å². The molecule has 1 aliphatic rings. The van der Waals surface area contributed by atoms with Gasteiger partial charge in [0.25, 0.3) is 0 Å². The Hall–Kier alpha value is -0.0800. The summed E-state index contributed by atoms with van der Waals surface area (Å²) in [6.45, 7) is 6.20. The molecule has 1 aliphatic heterocycles. The van der Waals surface area contributed by atoms with E-state index in [0.717, 1.165) is 19.6 Å². The number of rotatable bonds is 1. The highest BCUT2D eigenvalue weighted by Crippen LogP contribution is 2.02. The van der Waals surface area contributed by atoms with E-state index in [-0.39, 0.29) is 0 Å². The fourth-order valence-electron chi connectivity index (χ4n) is 0.993. The van der Waals surface area contributed by atoms with Crippen LogP contribution in [-0.2, 0) is 4.74 Å². The predicted molar refractivity (Wildman–Crippen MR) is 37.5 cm³/mol. The van der Waals surface area contributed by atoms with E-state index in [2.05, 4.69) is 19.2 Å². The predicted octanol–water partition coefficient (Wildman–Crippen LogP) is 0.773. The zero-order valence-corrected chi connectivity index (χ0v) is 6.18. The molecule has 0 aromatic heterocycles. The third kappa shape index (κ3) is 1.95. The molecule has 2 heteroatoms. The first-order valence-electron chi connectivity index (χ1n) is 3.68. The van der Waals surface area contributed by atoms with Gasteiger partial charge in [-0.2, -0.15) is 0 Å². The van der Waals surface area contributed by atoms with Crippen LogP contribution in [0.1, 0.15) is 20.3 Å². The van der Waals surface area contributed by atoms with Crippen molar-refractivity contribution >= 4 is 0 Å². The molecule has 1 fully saturated rings. The first-order valence-corrected chi connectivity index (χ1v) is 3.68. The van der Waals surface area contributed by atoms with Gasteiger partial charge in [0, 0.05) is 12.6 Å². The second-order valence-electron chi connectivity index (χ2n) is 2.67. The third-order valence-corrected chi connectivity index (χ3v) is 1.73. The van der Waals surface area contributed by atoms with Gasteiger partial charge in [0.1, 0.15) is 0 Å². The van der Waals surface area contributed by atoms with Crippen molar-refractivity contribution in [1.82, 2.24) is 5.32 Å². The van der Waals surface area contributed by atoms with Gasteiger partial charge in [-0.25, -0.2) is 0 Å². The quantitative estimate of drug-likeness (QED) is 0.564. The van der Waals surface area contributed by atoms with Crippen LogP contribution in [-0.4, -0.2) is 25.3 Å². The summed E-state index contributed by atoms with van der Waals surface area (Å²) in [5, 5.41) is 3.36. The van der Waals surface area contributed by atoms with E-state index in [4.69, 9.17) is 4.74 Å². The zero-order chi connectivity index (χ0) is 6.69. The number of nitrogens with one attached hydrogen (secondary N) is 1. The lowest BCUT2D eigenvalue weighted by Gasteiger charge is -2.27. The molecule has 2 atom stereocenters. The minimum absolute atomic E-state index is 0.459. The van der Waals surface area contributed by atoms with Gasteiger partial charge in [-0.05, 0) is 13.3 Å². The standard InChI is InChI=1S/C7H15NO/c1-3-7-4-8-6(2)5-9-7/h6-8H,3-5H2,1-2H3/t6-,7+/m0/s1. The molecule has 0 bridgehead atoms. The third-order valence-electron chi connectivity index (χ3n) is 1.73. The average Bonchev–Trinajstić information content (AvgIpc) is 1.90. The summed E-state index contributed by atoms with van der Waals surface area (Å²) < 4.78 is 5.48. The fraction of sp³-hybridized carbons (Fsp3) is 1.00. The van der Waals surface area contributed by atoms with Gasteiger partial charge in [0.2, 0.25) is 0 Å². The second kappa shape index (κ2) is 3.18. The molecule has 0 amide bonds. The van der Waals surface area contributed by atoms with Crippen LogP contribution >= 0.6 is 0 Å². The Kier molecular flexibility index (Phi) is 2.49. The second-order valence-corrected chi connectivity index (χ2v) is 2.67. The topological polar surface area (TPSA) is 21.3 Å². The molecule has 2 nitrogen and oxygen atoms in total. The van der Waals surface area contributed by atoms with Crippen LogP contribution in [0.25, 0.3) is 0 Å². The molecule has 0 aromatic rings. The minimum Gasteiger partial charge on any atom is -0.375 e. The van der Waals surface area contributed by atoms with Gasteiger partial charge < -0.3 is 10.1 Å². The first-order chi connectivity index (χ1) is 4.33. The van der Waals surface area contributed by atoms with Crippen molar-refractivity contribution in [2.24, 2.45) is 0 Å². The Morgan fingerprint density at radius 2 is 2.44 bits per heavy atom. The Bertz CT molecular complexity index is 77.0. The van der Waals surface area contributed by atoms with E-state index < -0.39 is 0 Å². The molecule has 0 aromatic carbocycles. The van der Waals surface area contributed by atoms with Crippen molar-refractivity contribution in [1.29, 1.82) is 0 Å².